The second-order valence-electron chi connectivity index (χ2n) is 5.58. The van der Waals surface area contributed by atoms with Crippen molar-refractivity contribution in [1.82, 2.24) is 14.6 Å². The Morgan fingerprint density at radius 1 is 1.50 bits per heavy atom. The number of rotatable bonds is 9. The van der Waals surface area contributed by atoms with E-state index >= 15 is 0 Å². The van der Waals surface area contributed by atoms with Crippen molar-refractivity contribution >= 4 is 27.3 Å². The molecule has 1 aromatic rings. The lowest BCUT2D eigenvalue weighted by molar-refractivity contribution is -0.120. The van der Waals surface area contributed by atoms with Crippen LogP contribution in [0.5, 0.6) is 0 Å². The van der Waals surface area contributed by atoms with Gasteiger partial charge in [0.15, 0.2) is 0 Å². The number of carbonyl (C=O) groups is 1. The van der Waals surface area contributed by atoms with Gasteiger partial charge in [-0.05, 0) is 19.3 Å². The van der Waals surface area contributed by atoms with Crippen molar-refractivity contribution in [2.45, 2.75) is 38.5 Å². The summed E-state index contributed by atoms with van der Waals surface area (Å²) in [6, 6.07) is 0. The topological polar surface area (TPSA) is 79.4 Å². The molecule has 2 rings (SSSR count). The van der Waals surface area contributed by atoms with E-state index in [0.29, 0.717) is 38.4 Å². The molecule has 1 aromatic heterocycles. The van der Waals surface area contributed by atoms with Crippen LogP contribution in [0.15, 0.2) is 5.38 Å². The first-order chi connectivity index (χ1) is 10.4. The predicted octanol–water partition coefficient (Wildman–Crippen LogP) is 1.35. The van der Waals surface area contributed by atoms with E-state index in [-0.39, 0.29) is 5.91 Å². The molecule has 1 N–H and O–H groups in total. The van der Waals surface area contributed by atoms with E-state index in [1.54, 1.807) is 6.92 Å². The maximum absolute atomic E-state index is 11.8. The smallest absolute Gasteiger partial charge is 0.226 e. The first-order valence-corrected chi connectivity index (χ1v) is 10.3. The lowest BCUT2D eigenvalue weighted by Crippen LogP contribution is -2.33. The highest BCUT2D eigenvalue weighted by atomic mass is 32.2. The van der Waals surface area contributed by atoms with Crippen molar-refractivity contribution in [2.75, 3.05) is 25.9 Å². The minimum Gasteiger partial charge on any atom is -0.356 e. The Bertz CT molecular complexity index is 609. The van der Waals surface area contributed by atoms with Gasteiger partial charge in [0.1, 0.15) is 5.01 Å². The highest BCUT2D eigenvalue weighted by molar-refractivity contribution is 7.88. The number of aromatic nitrogens is 1. The largest absolute Gasteiger partial charge is 0.356 e. The Morgan fingerprint density at radius 3 is 2.82 bits per heavy atom. The zero-order chi connectivity index (χ0) is 16.2. The Balaban J connectivity index is 1.66. The van der Waals surface area contributed by atoms with Gasteiger partial charge in [0.2, 0.25) is 15.9 Å². The van der Waals surface area contributed by atoms with Gasteiger partial charge in [0, 0.05) is 30.9 Å². The second-order valence-corrected chi connectivity index (χ2v) is 8.50. The molecule has 1 aliphatic rings. The quantitative estimate of drug-likeness (QED) is 0.685. The predicted molar refractivity (Wildman–Crippen MR) is 87.5 cm³/mol. The van der Waals surface area contributed by atoms with Gasteiger partial charge in [-0.1, -0.05) is 6.92 Å². The molecule has 1 saturated carbocycles. The number of hydrogen-bond acceptors (Lipinski definition) is 5. The molecule has 0 aliphatic heterocycles. The normalized spacial score (nSPS) is 15.2. The highest BCUT2D eigenvalue weighted by Crippen LogP contribution is 2.40. The first kappa shape index (κ1) is 17.4. The van der Waals surface area contributed by atoms with Gasteiger partial charge in [-0.3, -0.25) is 4.79 Å². The molecule has 8 heteroatoms. The fourth-order valence-corrected chi connectivity index (χ4v) is 4.02. The number of amides is 1. The van der Waals surface area contributed by atoms with Crippen LogP contribution in [0.2, 0.25) is 0 Å². The molecule has 124 valence electrons. The van der Waals surface area contributed by atoms with Crippen LogP contribution in [-0.2, 0) is 21.2 Å². The molecule has 1 aliphatic carbocycles. The number of thiazole rings is 1. The average Bonchev–Trinajstić information content (AvgIpc) is 3.18. The van der Waals surface area contributed by atoms with Crippen LogP contribution in [-0.4, -0.2) is 49.5 Å². The van der Waals surface area contributed by atoms with E-state index in [0.717, 1.165) is 10.7 Å². The summed E-state index contributed by atoms with van der Waals surface area (Å²) in [7, 11) is -3.15. The molecule has 0 atom stereocenters. The van der Waals surface area contributed by atoms with Crippen LogP contribution in [0, 0.1) is 0 Å². The van der Waals surface area contributed by atoms with E-state index in [1.807, 2.05) is 5.38 Å². The molecule has 1 fully saturated rings. The number of sulfonamides is 1. The SMILES string of the molecule is CCN(CCCNC(=O)Cc1nc(C2CC2)cs1)S(C)(=O)=O. The molecule has 0 spiro atoms. The zero-order valence-corrected chi connectivity index (χ0v) is 14.7. The maximum Gasteiger partial charge on any atom is 0.226 e. The summed E-state index contributed by atoms with van der Waals surface area (Å²) in [6.45, 7) is 3.17. The maximum atomic E-state index is 11.8. The second kappa shape index (κ2) is 7.52. The molecular weight excluding hydrogens is 322 g/mol. The number of hydrogen-bond donors (Lipinski definition) is 1. The van der Waals surface area contributed by atoms with E-state index < -0.39 is 10.0 Å². The third-order valence-corrected chi connectivity index (χ3v) is 5.85. The number of carbonyl (C=O) groups excluding carboxylic acids is 1. The molecule has 1 heterocycles. The Morgan fingerprint density at radius 2 is 2.23 bits per heavy atom. The standard InChI is InChI=1S/C14H23N3O3S2/c1-3-17(22(2,19)20)8-4-7-15-13(18)9-14-16-12(10-21-14)11-5-6-11/h10-11H,3-9H2,1-2H3,(H,15,18). The van der Waals surface area contributed by atoms with Crippen LogP contribution in [0.25, 0.3) is 0 Å². The van der Waals surface area contributed by atoms with Gasteiger partial charge in [-0.25, -0.2) is 17.7 Å². The fraction of sp³-hybridized carbons (Fsp3) is 0.714. The van der Waals surface area contributed by atoms with E-state index in [1.165, 1.54) is 34.7 Å². The van der Waals surface area contributed by atoms with E-state index in [4.69, 9.17) is 0 Å². The van der Waals surface area contributed by atoms with Gasteiger partial charge in [0.05, 0.1) is 18.4 Å². The van der Waals surface area contributed by atoms with Crippen molar-refractivity contribution in [3.05, 3.63) is 16.1 Å². The minimum atomic E-state index is -3.15. The highest BCUT2D eigenvalue weighted by Gasteiger charge is 2.26. The van der Waals surface area contributed by atoms with Gasteiger partial charge < -0.3 is 5.32 Å². The van der Waals surface area contributed by atoms with Crippen LogP contribution >= 0.6 is 11.3 Å². The summed E-state index contributed by atoms with van der Waals surface area (Å²) in [4.78, 5) is 16.3. The van der Waals surface area contributed by atoms with Crippen molar-refractivity contribution in [2.24, 2.45) is 0 Å². The lowest BCUT2D eigenvalue weighted by atomic mass is 10.3. The van der Waals surface area contributed by atoms with Gasteiger partial charge in [0.25, 0.3) is 0 Å². The fourth-order valence-electron chi connectivity index (χ4n) is 2.21. The first-order valence-electron chi connectivity index (χ1n) is 7.56. The summed E-state index contributed by atoms with van der Waals surface area (Å²) >= 11 is 1.54. The molecule has 0 unspecified atom stereocenters. The molecule has 22 heavy (non-hydrogen) atoms. The van der Waals surface area contributed by atoms with Crippen molar-refractivity contribution in [1.29, 1.82) is 0 Å². The third-order valence-electron chi connectivity index (χ3n) is 3.61. The molecule has 0 aromatic carbocycles. The Labute approximate surface area is 136 Å². The van der Waals surface area contributed by atoms with Gasteiger partial charge >= 0.3 is 0 Å². The van der Waals surface area contributed by atoms with Gasteiger partial charge in [-0.2, -0.15) is 0 Å². The summed E-state index contributed by atoms with van der Waals surface area (Å²) in [5.41, 5.74) is 1.12. The molecule has 0 saturated heterocycles. The van der Waals surface area contributed by atoms with Crippen LogP contribution < -0.4 is 5.32 Å². The molecule has 0 radical (unpaired) electrons. The number of nitrogens with zero attached hydrogens (tertiary/aromatic N) is 2. The summed E-state index contributed by atoms with van der Waals surface area (Å²) in [6.07, 6.45) is 4.54. The van der Waals surface area contributed by atoms with Crippen LogP contribution in [0.4, 0.5) is 0 Å². The van der Waals surface area contributed by atoms with E-state index in [2.05, 4.69) is 10.3 Å². The Hall–Kier alpha value is -0.990. The third kappa shape index (κ3) is 5.33. The lowest BCUT2D eigenvalue weighted by Gasteiger charge is -2.17. The molecule has 6 nitrogen and oxygen atoms in total. The zero-order valence-electron chi connectivity index (χ0n) is 13.0. The van der Waals surface area contributed by atoms with Crippen LogP contribution in [0.3, 0.4) is 0 Å². The van der Waals surface area contributed by atoms with Gasteiger partial charge in [-0.15, -0.1) is 11.3 Å². The molecule has 1 amide bonds. The number of nitrogens with one attached hydrogen (secondary N) is 1. The van der Waals surface area contributed by atoms with Crippen molar-refractivity contribution in [3.8, 4) is 0 Å². The summed E-state index contributed by atoms with van der Waals surface area (Å²) in [5.74, 6) is 0.559. The van der Waals surface area contributed by atoms with Crippen molar-refractivity contribution < 1.29 is 13.2 Å². The van der Waals surface area contributed by atoms with Crippen LogP contribution in [0.1, 0.15) is 42.8 Å². The summed E-state index contributed by atoms with van der Waals surface area (Å²) < 4.78 is 24.3. The van der Waals surface area contributed by atoms with Crippen molar-refractivity contribution in [3.63, 3.8) is 0 Å². The molecule has 0 bridgehead atoms. The average molecular weight is 345 g/mol. The minimum absolute atomic E-state index is 0.0564. The molecular formula is C14H23N3O3S2. The van der Waals surface area contributed by atoms with E-state index in [9.17, 15) is 13.2 Å². The monoisotopic (exact) mass is 345 g/mol. The Kier molecular flexibility index (Phi) is 5.94. The summed E-state index contributed by atoms with van der Waals surface area (Å²) in [5, 5.41) is 5.72.